The van der Waals surface area contributed by atoms with E-state index in [0.29, 0.717) is 38.7 Å². The number of ether oxygens (including phenoxy) is 2. The Morgan fingerprint density at radius 2 is 2.08 bits per heavy atom. The number of carbonyl (C=O) groups excluding carboxylic acids is 2. The molecule has 26 heavy (non-hydrogen) atoms. The summed E-state index contributed by atoms with van der Waals surface area (Å²) in [6.07, 6.45) is 1.45. The molecule has 0 heterocycles. The molecule has 0 aromatic heterocycles. The van der Waals surface area contributed by atoms with Crippen molar-refractivity contribution in [1.82, 2.24) is 5.43 Å². The van der Waals surface area contributed by atoms with Gasteiger partial charge in [0.1, 0.15) is 0 Å². The van der Waals surface area contributed by atoms with Crippen LogP contribution in [0.4, 0.5) is 0 Å². The topological polar surface area (TPSA) is 77.0 Å². The Morgan fingerprint density at radius 1 is 1.31 bits per heavy atom. The highest BCUT2D eigenvalue weighted by atomic mass is 79.9. The van der Waals surface area contributed by atoms with E-state index in [4.69, 9.17) is 21.1 Å². The van der Waals surface area contributed by atoms with Crippen molar-refractivity contribution in [3.05, 3.63) is 57.0 Å². The number of nitrogens with one attached hydrogen (secondary N) is 1. The van der Waals surface area contributed by atoms with Crippen LogP contribution in [0.5, 0.6) is 11.5 Å². The van der Waals surface area contributed by atoms with Crippen molar-refractivity contribution in [2.45, 2.75) is 13.8 Å². The van der Waals surface area contributed by atoms with E-state index in [1.165, 1.54) is 13.1 Å². The lowest BCUT2D eigenvalue weighted by atomic mass is 10.2. The maximum atomic E-state index is 12.0. The second kappa shape index (κ2) is 9.35. The van der Waals surface area contributed by atoms with Gasteiger partial charge in [-0.15, -0.1) is 0 Å². The molecule has 8 heteroatoms. The molecule has 0 atom stereocenters. The number of hydrazone groups is 1. The zero-order valence-corrected chi connectivity index (χ0v) is 16.4. The lowest BCUT2D eigenvalue weighted by Crippen LogP contribution is -2.17. The van der Waals surface area contributed by atoms with Crippen LogP contribution in [0, 0.1) is 0 Å². The highest BCUT2D eigenvalue weighted by Gasteiger charge is 2.14. The zero-order chi connectivity index (χ0) is 19.1. The number of rotatable bonds is 6. The Labute approximate surface area is 164 Å². The molecule has 0 spiro atoms. The van der Waals surface area contributed by atoms with E-state index in [-0.39, 0.29) is 5.91 Å². The molecule has 0 saturated carbocycles. The van der Waals surface area contributed by atoms with Crippen LogP contribution in [0.3, 0.4) is 0 Å². The van der Waals surface area contributed by atoms with Crippen LogP contribution in [0.1, 0.15) is 29.8 Å². The van der Waals surface area contributed by atoms with E-state index in [1.807, 2.05) is 6.92 Å². The first kappa shape index (κ1) is 19.9. The van der Waals surface area contributed by atoms with Gasteiger partial charge in [-0.2, -0.15) is 5.10 Å². The van der Waals surface area contributed by atoms with Gasteiger partial charge in [0.25, 0.3) is 5.91 Å². The molecule has 2 aromatic rings. The summed E-state index contributed by atoms with van der Waals surface area (Å²) >= 11 is 9.20. The van der Waals surface area contributed by atoms with E-state index < -0.39 is 5.97 Å². The number of hydrogen-bond donors (Lipinski definition) is 1. The highest BCUT2D eigenvalue weighted by molar-refractivity contribution is 9.10. The summed E-state index contributed by atoms with van der Waals surface area (Å²) in [5.41, 5.74) is 3.46. The number of carbonyl (C=O) groups is 2. The zero-order valence-electron chi connectivity index (χ0n) is 14.1. The van der Waals surface area contributed by atoms with E-state index in [0.717, 1.165) is 0 Å². The molecule has 1 amide bonds. The first-order chi connectivity index (χ1) is 12.4. The van der Waals surface area contributed by atoms with E-state index in [1.54, 1.807) is 36.4 Å². The summed E-state index contributed by atoms with van der Waals surface area (Å²) in [4.78, 5) is 23.3. The average molecular weight is 440 g/mol. The van der Waals surface area contributed by atoms with E-state index in [9.17, 15) is 9.59 Å². The van der Waals surface area contributed by atoms with E-state index in [2.05, 4.69) is 26.5 Å². The standard InChI is InChI=1S/C18H16BrClN2O4/c1-3-25-16-8-12(7-15(19)17(16)26-11(2)23)10-21-22-18(24)13-5-4-6-14(20)9-13/h4-10H,3H2,1-2H3,(H,22,24)/b21-10-. The Kier molecular flexibility index (Phi) is 7.17. The van der Waals surface area contributed by atoms with Gasteiger partial charge in [0.2, 0.25) is 0 Å². The predicted molar refractivity (Wildman–Crippen MR) is 103 cm³/mol. The van der Waals surface area contributed by atoms with Gasteiger partial charge in [-0.05, 0) is 58.7 Å². The maximum absolute atomic E-state index is 12.0. The third-order valence-corrected chi connectivity index (χ3v) is 3.87. The third-order valence-electron chi connectivity index (χ3n) is 3.04. The van der Waals surface area contributed by atoms with Crippen molar-refractivity contribution in [3.8, 4) is 11.5 Å². The van der Waals surface area contributed by atoms with Crippen molar-refractivity contribution >= 4 is 45.6 Å². The molecular weight excluding hydrogens is 424 g/mol. The van der Waals surface area contributed by atoms with Gasteiger partial charge in [-0.25, -0.2) is 5.43 Å². The molecule has 136 valence electrons. The van der Waals surface area contributed by atoms with Gasteiger partial charge in [-0.1, -0.05) is 17.7 Å². The number of esters is 1. The summed E-state index contributed by atoms with van der Waals surface area (Å²) in [5, 5.41) is 4.39. The fraction of sp³-hybridized carbons (Fsp3) is 0.167. The molecule has 0 bridgehead atoms. The average Bonchev–Trinajstić information content (AvgIpc) is 2.58. The van der Waals surface area contributed by atoms with Crippen molar-refractivity contribution in [3.63, 3.8) is 0 Å². The molecule has 0 fully saturated rings. The van der Waals surface area contributed by atoms with Crippen LogP contribution >= 0.6 is 27.5 Å². The largest absolute Gasteiger partial charge is 0.490 e. The van der Waals surface area contributed by atoms with Gasteiger partial charge in [0.15, 0.2) is 11.5 Å². The van der Waals surface area contributed by atoms with Crippen LogP contribution < -0.4 is 14.9 Å². The van der Waals surface area contributed by atoms with Crippen LogP contribution in [0.2, 0.25) is 5.02 Å². The maximum Gasteiger partial charge on any atom is 0.308 e. The highest BCUT2D eigenvalue weighted by Crippen LogP contribution is 2.36. The molecule has 0 aliphatic rings. The smallest absolute Gasteiger partial charge is 0.308 e. The Morgan fingerprint density at radius 3 is 2.73 bits per heavy atom. The minimum atomic E-state index is -0.457. The molecule has 0 saturated heterocycles. The first-order valence-electron chi connectivity index (χ1n) is 7.64. The van der Waals surface area contributed by atoms with Gasteiger partial charge in [-0.3, -0.25) is 9.59 Å². The number of amides is 1. The molecule has 2 aromatic carbocycles. The summed E-state index contributed by atoms with van der Waals surface area (Å²) in [5.74, 6) is -0.162. The SMILES string of the molecule is CCOc1cc(/C=N\NC(=O)c2cccc(Cl)c2)cc(Br)c1OC(C)=O. The lowest BCUT2D eigenvalue weighted by Gasteiger charge is -2.12. The Balaban J connectivity index is 2.16. The van der Waals surface area contributed by atoms with Crippen molar-refractivity contribution in [2.75, 3.05) is 6.61 Å². The van der Waals surface area contributed by atoms with Crippen molar-refractivity contribution < 1.29 is 19.1 Å². The third kappa shape index (κ3) is 5.57. The summed E-state index contributed by atoms with van der Waals surface area (Å²) in [6, 6.07) is 9.88. The van der Waals surface area contributed by atoms with Crippen LogP contribution in [0.15, 0.2) is 46.0 Å². The van der Waals surface area contributed by atoms with Crippen LogP contribution in [-0.4, -0.2) is 24.7 Å². The number of nitrogens with zero attached hydrogens (tertiary/aromatic N) is 1. The number of benzene rings is 2. The van der Waals surface area contributed by atoms with E-state index >= 15 is 0 Å². The molecular formula is C18H16BrClN2O4. The van der Waals surface area contributed by atoms with Crippen LogP contribution in [0.25, 0.3) is 0 Å². The second-order valence-electron chi connectivity index (χ2n) is 5.07. The fourth-order valence-corrected chi connectivity index (χ4v) is 2.76. The van der Waals surface area contributed by atoms with Gasteiger partial charge < -0.3 is 9.47 Å². The molecule has 0 radical (unpaired) electrons. The molecule has 2 rings (SSSR count). The minimum absolute atomic E-state index is 0.291. The van der Waals surface area contributed by atoms with Crippen molar-refractivity contribution in [2.24, 2.45) is 5.10 Å². The Hall–Kier alpha value is -2.38. The summed E-state index contributed by atoms with van der Waals surface area (Å²) in [7, 11) is 0. The molecule has 0 aliphatic carbocycles. The summed E-state index contributed by atoms with van der Waals surface area (Å²) in [6.45, 7) is 3.52. The van der Waals surface area contributed by atoms with Gasteiger partial charge >= 0.3 is 5.97 Å². The Bertz CT molecular complexity index is 855. The molecule has 0 aliphatic heterocycles. The van der Waals surface area contributed by atoms with Gasteiger partial charge in [0.05, 0.1) is 17.3 Å². The van der Waals surface area contributed by atoms with Crippen LogP contribution in [-0.2, 0) is 4.79 Å². The summed E-state index contributed by atoms with van der Waals surface area (Å²) < 4.78 is 11.2. The fourth-order valence-electron chi connectivity index (χ4n) is 2.03. The molecule has 0 unspecified atom stereocenters. The monoisotopic (exact) mass is 438 g/mol. The van der Waals surface area contributed by atoms with Gasteiger partial charge in [0, 0.05) is 17.5 Å². The molecule has 6 nitrogen and oxygen atoms in total. The lowest BCUT2D eigenvalue weighted by molar-refractivity contribution is -0.132. The minimum Gasteiger partial charge on any atom is -0.490 e. The van der Waals surface area contributed by atoms with Crippen molar-refractivity contribution in [1.29, 1.82) is 0 Å². The quantitative estimate of drug-likeness (QED) is 0.317. The number of halogens is 2. The second-order valence-corrected chi connectivity index (χ2v) is 6.36. The first-order valence-corrected chi connectivity index (χ1v) is 8.81. The molecule has 1 N–H and O–H groups in total. The normalized spacial score (nSPS) is 10.6. The number of hydrogen-bond acceptors (Lipinski definition) is 5. The predicted octanol–water partition coefficient (Wildman–Crippen LogP) is 4.19.